The van der Waals surface area contributed by atoms with Gasteiger partial charge in [0.05, 0.1) is 11.4 Å². The molecular formula is C19H17N. The molecule has 0 fully saturated rings. The van der Waals surface area contributed by atoms with Crippen molar-refractivity contribution in [2.45, 2.75) is 13.8 Å². The molecule has 20 heavy (non-hydrogen) atoms. The number of benzene rings is 2. The first kappa shape index (κ1) is 12.6. The minimum absolute atomic E-state index is 1.06. The summed E-state index contributed by atoms with van der Waals surface area (Å²) in [5.41, 5.74) is 6.90. The molecule has 0 aliphatic heterocycles. The van der Waals surface area contributed by atoms with Crippen molar-refractivity contribution in [3.63, 3.8) is 0 Å². The Morgan fingerprint density at radius 1 is 0.600 bits per heavy atom. The van der Waals surface area contributed by atoms with Gasteiger partial charge in [-0.2, -0.15) is 0 Å². The van der Waals surface area contributed by atoms with Crippen LogP contribution in [0.3, 0.4) is 0 Å². The number of hydrogen-bond donors (Lipinski definition) is 0. The van der Waals surface area contributed by atoms with Gasteiger partial charge in [0.15, 0.2) is 0 Å². The molecule has 0 unspecified atom stereocenters. The molecule has 0 spiro atoms. The van der Waals surface area contributed by atoms with Gasteiger partial charge in [-0.25, -0.2) is 4.98 Å². The van der Waals surface area contributed by atoms with E-state index < -0.39 is 0 Å². The second-order valence-electron chi connectivity index (χ2n) is 5.05. The lowest BCUT2D eigenvalue weighted by Crippen LogP contribution is -1.95. The predicted octanol–water partition coefficient (Wildman–Crippen LogP) is 5.03. The fourth-order valence-electron chi connectivity index (χ4n) is 2.53. The SMILES string of the molecule is Cc1cc(C)c(-c2ccccc2)nc1-c1ccccc1. The van der Waals surface area contributed by atoms with Crippen LogP contribution in [0.1, 0.15) is 11.1 Å². The molecule has 0 aliphatic rings. The van der Waals surface area contributed by atoms with E-state index in [1.165, 1.54) is 22.3 Å². The molecule has 0 N–H and O–H groups in total. The van der Waals surface area contributed by atoms with E-state index in [1.807, 2.05) is 12.1 Å². The molecule has 0 amide bonds. The van der Waals surface area contributed by atoms with Crippen molar-refractivity contribution in [1.82, 2.24) is 4.98 Å². The van der Waals surface area contributed by atoms with Crippen molar-refractivity contribution in [2.75, 3.05) is 0 Å². The first-order chi connectivity index (χ1) is 9.75. The first-order valence-electron chi connectivity index (χ1n) is 6.85. The van der Waals surface area contributed by atoms with Crippen molar-refractivity contribution in [2.24, 2.45) is 0 Å². The summed E-state index contributed by atoms with van der Waals surface area (Å²) in [5, 5.41) is 0. The van der Waals surface area contributed by atoms with E-state index in [1.54, 1.807) is 0 Å². The van der Waals surface area contributed by atoms with Crippen LogP contribution in [0, 0.1) is 13.8 Å². The van der Waals surface area contributed by atoms with Crippen LogP contribution in [0.2, 0.25) is 0 Å². The number of aryl methyl sites for hydroxylation is 2. The molecule has 3 rings (SSSR count). The smallest absolute Gasteiger partial charge is 0.0738 e. The van der Waals surface area contributed by atoms with Crippen LogP contribution in [0.25, 0.3) is 22.5 Å². The van der Waals surface area contributed by atoms with E-state index >= 15 is 0 Å². The number of pyridine rings is 1. The number of nitrogens with zero attached hydrogens (tertiary/aromatic N) is 1. The Balaban J connectivity index is 2.19. The highest BCUT2D eigenvalue weighted by molar-refractivity contribution is 5.70. The molecule has 0 saturated heterocycles. The second kappa shape index (κ2) is 5.30. The zero-order valence-corrected chi connectivity index (χ0v) is 11.8. The molecule has 0 atom stereocenters. The third-order valence-corrected chi connectivity index (χ3v) is 3.50. The van der Waals surface area contributed by atoms with Gasteiger partial charge in [-0.1, -0.05) is 66.7 Å². The summed E-state index contributed by atoms with van der Waals surface area (Å²) < 4.78 is 0. The Morgan fingerprint density at radius 2 is 1.00 bits per heavy atom. The molecule has 1 heterocycles. The molecule has 0 saturated carbocycles. The minimum Gasteiger partial charge on any atom is -0.247 e. The summed E-state index contributed by atoms with van der Waals surface area (Å²) in [6.07, 6.45) is 0. The highest BCUT2D eigenvalue weighted by Crippen LogP contribution is 2.28. The van der Waals surface area contributed by atoms with E-state index in [0.29, 0.717) is 0 Å². The molecule has 1 aromatic heterocycles. The molecule has 2 aromatic carbocycles. The summed E-state index contributed by atoms with van der Waals surface area (Å²) in [5.74, 6) is 0. The molecule has 0 aliphatic carbocycles. The molecule has 0 radical (unpaired) electrons. The van der Waals surface area contributed by atoms with Crippen molar-refractivity contribution < 1.29 is 0 Å². The van der Waals surface area contributed by atoms with Gasteiger partial charge in [0, 0.05) is 11.1 Å². The van der Waals surface area contributed by atoms with Gasteiger partial charge < -0.3 is 0 Å². The zero-order chi connectivity index (χ0) is 13.9. The third-order valence-electron chi connectivity index (χ3n) is 3.50. The predicted molar refractivity (Wildman–Crippen MR) is 84.6 cm³/mol. The van der Waals surface area contributed by atoms with E-state index in [9.17, 15) is 0 Å². The second-order valence-corrected chi connectivity index (χ2v) is 5.05. The number of aromatic nitrogens is 1. The van der Waals surface area contributed by atoms with E-state index in [0.717, 1.165) is 11.4 Å². The molecule has 1 heteroatoms. The van der Waals surface area contributed by atoms with Crippen LogP contribution < -0.4 is 0 Å². The lowest BCUT2D eigenvalue weighted by molar-refractivity contribution is 1.23. The third kappa shape index (κ3) is 2.35. The quantitative estimate of drug-likeness (QED) is 0.628. The Bertz CT molecular complexity index is 655. The Morgan fingerprint density at radius 3 is 1.40 bits per heavy atom. The maximum absolute atomic E-state index is 4.91. The molecule has 98 valence electrons. The lowest BCUT2D eigenvalue weighted by Gasteiger charge is -2.11. The highest BCUT2D eigenvalue weighted by Gasteiger charge is 2.09. The van der Waals surface area contributed by atoms with Crippen LogP contribution in [0.4, 0.5) is 0 Å². The number of rotatable bonds is 2. The fourth-order valence-corrected chi connectivity index (χ4v) is 2.53. The van der Waals surface area contributed by atoms with Gasteiger partial charge >= 0.3 is 0 Å². The molecule has 3 aromatic rings. The first-order valence-corrected chi connectivity index (χ1v) is 6.85. The van der Waals surface area contributed by atoms with Crippen LogP contribution in [0.15, 0.2) is 66.7 Å². The Hall–Kier alpha value is -2.41. The van der Waals surface area contributed by atoms with Gasteiger partial charge in [-0.15, -0.1) is 0 Å². The van der Waals surface area contributed by atoms with E-state index in [-0.39, 0.29) is 0 Å². The van der Waals surface area contributed by atoms with Crippen molar-refractivity contribution in [1.29, 1.82) is 0 Å². The summed E-state index contributed by atoms with van der Waals surface area (Å²) in [6, 6.07) is 22.9. The Kier molecular flexibility index (Phi) is 3.34. The van der Waals surface area contributed by atoms with Crippen molar-refractivity contribution >= 4 is 0 Å². The largest absolute Gasteiger partial charge is 0.247 e. The van der Waals surface area contributed by atoms with Crippen molar-refractivity contribution in [3.8, 4) is 22.5 Å². The van der Waals surface area contributed by atoms with E-state index in [2.05, 4.69) is 68.4 Å². The minimum atomic E-state index is 1.06. The zero-order valence-electron chi connectivity index (χ0n) is 11.8. The molecule has 0 bridgehead atoms. The lowest BCUT2D eigenvalue weighted by atomic mass is 10.0. The van der Waals surface area contributed by atoms with Gasteiger partial charge in [0.1, 0.15) is 0 Å². The standard InChI is InChI=1S/C19H17N/c1-14-13-15(2)19(17-11-7-4-8-12-17)20-18(14)16-9-5-3-6-10-16/h3-13H,1-2H3. The summed E-state index contributed by atoms with van der Waals surface area (Å²) >= 11 is 0. The highest BCUT2D eigenvalue weighted by atomic mass is 14.7. The molecule has 1 nitrogen and oxygen atoms in total. The average molecular weight is 259 g/mol. The van der Waals surface area contributed by atoms with Gasteiger partial charge in [-0.3, -0.25) is 0 Å². The van der Waals surface area contributed by atoms with Crippen LogP contribution in [-0.2, 0) is 0 Å². The van der Waals surface area contributed by atoms with Gasteiger partial charge in [-0.05, 0) is 25.0 Å². The van der Waals surface area contributed by atoms with Crippen LogP contribution in [-0.4, -0.2) is 4.98 Å². The van der Waals surface area contributed by atoms with Gasteiger partial charge in [0.25, 0.3) is 0 Å². The Labute approximate surface area is 119 Å². The topological polar surface area (TPSA) is 12.9 Å². The average Bonchev–Trinajstić information content (AvgIpc) is 2.49. The van der Waals surface area contributed by atoms with Gasteiger partial charge in [0.2, 0.25) is 0 Å². The normalized spacial score (nSPS) is 10.5. The maximum atomic E-state index is 4.91. The van der Waals surface area contributed by atoms with Crippen LogP contribution in [0.5, 0.6) is 0 Å². The summed E-state index contributed by atoms with van der Waals surface area (Å²) in [6.45, 7) is 4.24. The van der Waals surface area contributed by atoms with Crippen LogP contribution >= 0.6 is 0 Å². The molecular weight excluding hydrogens is 242 g/mol. The summed E-state index contributed by atoms with van der Waals surface area (Å²) in [7, 11) is 0. The monoisotopic (exact) mass is 259 g/mol. The summed E-state index contributed by atoms with van der Waals surface area (Å²) in [4.78, 5) is 4.91. The number of hydrogen-bond acceptors (Lipinski definition) is 1. The van der Waals surface area contributed by atoms with E-state index in [4.69, 9.17) is 4.98 Å². The fraction of sp³-hybridized carbons (Fsp3) is 0.105. The van der Waals surface area contributed by atoms with Crippen molar-refractivity contribution in [3.05, 3.63) is 77.9 Å². The maximum Gasteiger partial charge on any atom is 0.0738 e.